The van der Waals surface area contributed by atoms with Crippen molar-refractivity contribution in [2.45, 2.75) is 20.5 Å². The van der Waals surface area contributed by atoms with Crippen LogP contribution in [0.2, 0.25) is 0 Å². The molecule has 0 aliphatic rings. The van der Waals surface area contributed by atoms with Gasteiger partial charge in [-0.2, -0.15) is 5.10 Å². The van der Waals surface area contributed by atoms with Crippen molar-refractivity contribution in [2.75, 3.05) is 12.5 Å². The minimum Gasteiger partial charge on any atom is -0.493 e. The molecule has 0 aliphatic carbocycles. The summed E-state index contributed by atoms with van der Waals surface area (Å²) in [5.41, 5.74) is 4.97. The van der Waals surface area contributed by atoms with E-state index in [1.165, 1.54) is 30.7 Å². The summed E-state index contributed by atoms with van der Waals surface area (Å²) in [4.78, 5) is 16.5. The summed E-state index contributed by atoms with van der Waals surface area (Å²) in [5, 5.41) is 16.4. The van der Waals surface area contributed by atoms with Gasteiger partial charge < -0.3 is 9.47 Å². The average molecular weight is 412 g/mol. The van der Waals surface area contributed by atoms with Gasteiger partial charge in [-0.25, -0.2) is 4.98 Å². The first kappa shape index (κ1) is 20.3. The summed E-state index contributed by atoms with van der Waals surface area (Å²) in [6, 6.07) is 12.4. The van der Waals surface area contributed by atoms with Crippen molar-refractivity contribution < 1.29 is 14.4 Å². The number of rotatable bonds is 8. The van der Waals surface area contributed by atoms with Crippen LogP contribution in [0.3, 0.4) is 0 Å². The van der Waals surface area contributed by atoms with Crippen LogP contribution in [-0.2, 0) is 6.61 Å². The lowest BCUT2D eigenvalue weighted by atomic mass is 10.1. The third-order valence-electron chi connectivity index (χ3n) is 4.10. The maximum Gasteiger partial charge on any atom is 0.315 e. The minimum atomic E-state index is -0.499. The van der Waals surface area contributed by atoms with Crippen LogP contribution in [0.15, 0.2) is 47.6 Å². The number of aryl methyl sites for hydroxylation is 2. The molecular formula is C20H20N4O4S. The first-order valence-electron chi connectivity index (χ1n) is 8.74. The Morgan fingerprint density at radius 2 is 2.03 bits per heavy atom. The SMILES string of the molecule is COc1cc(/C=N\Nc2nc(C)c(C)s2)cc([N+](=O)[O-])c1OCc1ccccc1. The number of nitro groups is 1. The van der Waals surface area contributed by atoms with Gasteiger partial charge in [-0.3, -0.25) is 15.5 Å². The predicted octanol–water partition coefficient (Wildman–Crippen LogP) is 4.70. The van der Waals surface area contributed by atoms with Gasteiger partial charge in [0.1, 0.15) is 6.61 Å². The van der Waals surface area contributed by atoms with E-state index in [2.05, 4.69) is 15.5 Å². The number of nitrogens with one attached hydrogen (secondary N) is 1. The number of hydrogen-bond acceptors (Lipinski definition) is 8. The Morgan fingerprint density at radius 3 is 2.66 bits per heavy atom. The molecule has 0 saturated heterocycles. The minimum absolute atomic E-state index is 0.0811. The second-order valence-electron chi connectivity index (χ2n) is 6.13. The van der Waals surface area contributed by atoms with Crippen molar-refractivity contribution in [3.63, 3.8) is 0 Å². The van der Waals surface area contributed by atoms with E-state index in [-0.39, 0.29) is 23.8 Å². The number of benzene rings is 2. The molecule has 8 nitrogen and oxygen atoms in total. The fourth-order valence-electron chi connectivity index (χ4n) is 2.53. The largest absolute Gasteiger partial charge is 0.493 e. The van der Waals surface area contributed by atoms with Crippen molar-refractivity contribution in [1.82, 2.24) is 4.98 Å². The van der Waals surface area contributed by atoms with E-state index >= 15 is 0 Å². The van der Waals surface area contributed by atoms with Crippen LogP contribution in [0, 0.1) is 24.0 Å². The highest BCUT2D eigenvalue weighted by Gasteiger charge is 2.22. The summed E-state index contributed by atoms with van der Waals surface area (Å²) < 4.78 is 11.0. The second kappa shape index (κ2) is 9.16. The Kier molecular flexibility index (Phi) is 6.40. The average Bonchev–Trinajstić information content (AvgIpc) is 3.04. The van der Waals surface area contributed by atoms with Gasteiger partial charge in [0.15, 0.2) is 5.75 Å². The molecule has 0 spiro atoms. The molecule has 3 rings (SSSR count). The van der Waals surface area contributed by atoms with Gasteiger partial charge in [0.25, 0.3) is 0 Å². The molecule has 1 N–H and O–H groups in total. The Bertz CT molecular complexity index is 1010. The number of hydrazone groups is 1. The highest BCUT2D eigenvalue weighted by atomic mass is 32.1. The zero-order valence-electron chi connectivity index (χ0n) is 16.2. The Labute approximate surface area is 172 Å². The quantitative estimate of drug-likeness (QED) is 0.327. The monoisotopic (exact) mass is 412 g/mol. The van der Waals surface area contributed by atoms with E-state index in [0.717, 1.165) is 16.1 Å². The number of methoxy groups -OCH3 is 1. The fraction of sp³-hybridized carbons (Fsp3) is 0.200. The smallest absolute Gasteiger partial charge is 0.315 e. The molecule has 0 atom stereocenters. The Balaban J connectivity index is 1.82. The van der Waals surface area contributed by atoms with Crippen LogP contribution >= 0.6 is 11.3 Å². The Morgan fingerprint density at radius 1 is 1.28 bits per heavy atom. The van der Waals surface area contributed by atoms with E-state index in [4.69, 9.17) is 9.47 Å². The molecule has 0 radical (unpaired) electrons. The van der Waals surface area contributed by atoms with Crippen molar-refractivity contribution in [1.29, 1.82) is 0 Å². The van der Waals surface area contributed by atoms with Crippen molar-refractivity contribution in [3.05, 3.63) is 74.3 Å². The summed E-state index contributed by atoms with van der Waals surface area (Å²) >= 11 is 1.48. The highest BCUT2D eigenvalue weighted by Crippen LogP contribution is 2.38. The molecule has 3 aromatic rings. The predicted molar refractivity (Wildman–Crippen MR) is 113 cm³/mol. The summed E-state index contributed by atoms with van der Waals surface area (Å²) in [7, 11) is 1.44. The van der Waals surface area contributed by atoms with Crippen LogP contribution in [-0.4, -0.2) is 23.2 Å². The van der Waals surface area contributed by atoms with Crippen LogP contribution < -0.4 is 14.9 Å². The maximum atomic E-state index is 11.6. The lowest BCUT2D eigenvalue weighted by molar-refractivity contribution is -0.386. The molecule has 0 aliphatic heterocycles. The number of aromatic nitrogens is 1. The zero-order chi connectivity index (χ0) is 20.8. The lowest BCUT2D eigenvalue weighted by Gasteiger charge is -2.12. The first-order valence-corrected chi connectivity index (χ1v) is 9.56. The van der Waals surface area contributed by atoms with Crippen LogP contribution in [0.4, 0.5) is 10.8 Å². The van der Waals surface area contributed by atoms with E-state index in [0.29, 0.717) is 10.7 Å². The number of nitro benzene ring substituents is 1. The molecular weight excluding hydrogens is 392 g/mol. The zero-order valence-corrected chi connectivity index (χ0v) is 17.0. The third kappa shape index (κ3) is 5.08. The Hall–Kier alpha value is -3.46. The molecule has 150 valence electrons. The van der Waals surface area contributed by atoms with Crippen molar-refractivity contribution in [2.24, 2.45) is 5.10 Å². The summed E-state index contributed by atoms with van der Waals surface area (Å²) in [5.74, 6) is 0.343. The van der Waals surface area contributed by atoms with E-state index < -0.39 is 4.92 Å². The van der Waals surface area contributed by atoms with Gasteiger partial charge in [0.05, 0.1) is 23.9 Å². The maximum absolute atomic E-state index is 11.6. The van der Waals surface area contributed by atoms with Gasteiger partial charge in [-0.15, -0.1) is 11.3 Å². The van der Waals surface area contributed by atoms with Crippen LogP contribution in [0.25, 0.3) is 0 Å². The third-order valence-corrected chi connectivity index (χ3v) is 5.08. The molecule has 0 unspecified atom stereocenters. The number of thiazole rings is 1. The standard InChI is InChI=1S/C20H20N4O4S/c1-13-14(2)29-20(22-13)23-21-11-16-9-17(24(25)26)19(18(10-16)27-3)28-12-15-7-5-4-6-8-15/h4-11H,12H2,1-3H3,(H,22,23)/b21-11-. The van der Waals surface area contributed by atoms with Crippen molar-refractivity contribution >= 4 is 28.4 Å². The number of anilines is 1. The summed E-state index contributed by atoms with van der Waals surface area (Å²) in [6.07, 6.45) is 1.47. The number of hydrogen-bond donors (Lipinski definition) is 1. The molecule has 1 aromatic heterocycles. The first-order chi connectivity index (χ1) is 14.0. The van der Waals surface area contributed by atoms with Gasteiger partial charge in [0.2, 0.25) is 10.9 Å². The molecule has 9 heteroatoms. The van der Waals surface area contributed by atoms with Crippen LogP contribution in [0.5, 0.6) is 11.5 Å². The van der Waals surface area contributed by atoms with Crippen molar-refractivity contribution in [3.8, 4) is 11.5 Å². The molecule has 0 fully saturated rings. The molecule has 1 heterocycles. The highest BCUT2D eigenvalue weighted by molar-refractivity contribution is 7.15. The van der Waals surface area contributed by atoms with E-state index in [1.54, 1.807) is 6.07 Å². The molecule has 29 heavy (non-hydrogen) atoms. The van der Waals surface area contributed by atoms with Gasteiger partial charge in [-0.1, -0.05) is 30.3 Å². The lowest BCUT2D eigenvalue weighted by Crippen LogP contribution is -2.03. The number of ether oxygens (including phenoxy) is 2. The van der Waals surface area contributed by atoms with E-state index in [9.17, 15) is 10.1 Å². The fourth-order valence-corrected chi connectivity index (χ4v) is 3.29. The summed E-state index contributed by atoms with van der Waals surface area (Å²) in [6.45, 7) is 4.09. The van der Waals surface area contributed by atoms with E-state index in [1.807, 2.05) is 44.2 Å². The molecule has 2 aromatic carbocycles. The number of nitrogens with zero attached hydrogens (tertiary/aromatic N) is 3. The molecule has 0 bridgehead atoms. The van der Waals surface area contributed by atoms with Crippen LogP contribution in [0.1, 0.15) is 21.7 Å². The van der Waals surface area contributed by atoms with Gasteiger partial charge in [-0.05, 0) is 25.5 Å². The normalized spacial score (nSPS) is 10.9. The topological polar surface area (TPSA) is 98.9 Å². The van der Waals surface area contributed by atoms with Gasteiger partial charge >= 0.3 is 5.69 Å². The van der Waals surface area contributed by atoms with Gasteiger partial charge in [0, 0.05) is 16.5 Å². The molecule has 0 amide bonds. The molecule has 0 saturated carbocycles. The second-order valence-corrected chi connectivity index (χ2v) is 7.34.